The van der Waals surface area contributed by atoms with Gasteiger partial charge in [-0.05, 0) is 73.9 Å². The maximum Gasteiger partial charge on any atom is 0.227 e. The van der Waals surface area contributed by atoms with Crippen molar-refractivity contribution < 1.29 is 9.53 Å². The first-order valence-corrected chi connectivity index (χ1v) is 10.2. The highest BCUT2D eigenvalue weighted by Gasteiger charge is 2.26. The molecule has 1 saturated heterocycles. The molecular weight excluding hydrogens is 376 g/mol. The van der Waals surface area contributed by atoms with Crippen molar-refractivity contribution in [2.45, 2.75) is 19.8 Å². The van der Waals surface area contributed by atoms with Crippen molar-refractivity contribution in [3.63, 3.8) is 0 Å². The van der Waals surface area contributed by atoms with Gasteiger partial charge in [-0.2, -0.15) is 0 Å². The number of hydrogen-bond donors (Lipinski definition) is 1. The average molecular weight is 402 g/mol. The Balaban J connectivity index is 1.34. The molecular formula is C24H26N4O2. The number of carbonyl (C=O) groups is 1. The lowest BCUT2D eigenvalue weighted by atomic mass is 9.95. The van der Waals surface area contributed by atoms with Crippen LogP contribution < -0.4 is 15.0 Å². The molecule has 3 aromatic rings. The minimum Gasteiger partial charge on any atom is -0.497 e. The van der Waals surface area contributed by atoms with E-state index < -0.39 is 0 Å². The Kier molecular flexibility index (Phi) is 5.93. The minimum atomic E-state index is 0.0216. The smallest absolute Gasteiger partial charge is 0.227 e. The number of piperidine rings is 1. The van der Waals surface area contributed by atoms with Gasteiger partial charge in [0.25, 0.3) is 0 Å². The van der Waals surface area contributed by atoms with Gasteiger partial charge < -0.3 is 15.0 Å². The number of nitrogens with zero attached hydrogens (tertiary/aromatic N) is 3. The number of rotatable bonds is 5. The second-order valence-corrected chi connectivity index (χ2v) is 7.63. The third-order valence-corrected chi connectivity index (χ3v) is 5.51. The van der Waals surface area contributed by atoms with E-state index in [0.29, 0.717) is 0 Å². The number of hydrogen-bond acceptors (Lipinski definition) is 5. The zero-order valence-corrected chi connectivity index (χ0v) is 17.3. The number of aromatic nitrogens is 2. The molecule has 1 amide bonds. The molecule has 0 saturated carbocycles. The van der Waals surface area contributed by atoms with Crippen molar-refractivity contribution >= 4 is 17.4 Å². The first kappa shape index (κ1) is 19.9. The Morgan fingerprint density at radius 3 is 2.43 bits per heavy atom. The van der Waals surface area contributed by atoms with Crippen LogP contribution in [0.2, 0.25) is 0 Å². The van der Waals surface area contributed by atoms with E-state index in [1.54, 1.807) is 7.11 Å². The molecule has 1 N–H and O–H groups in total. The summed E-state index contributed by atoms with van der Waals surface area (Å²) in [6, 6.07) is 19.7. The molecule has 1 aliphatic heterocycles. The summed E-state index contributed by atoms with van der Waals surface area (Å²) in [7, 11) is 1.65. The number of carbonyl (C=O) groups excluding carboxylic acids is 1. The highest BCUT2D eigenvalue weighted by Crippen LogP contribution is 2.25. The lowest BCUT2D eigenvalue weighted by Gasteiger charge is -2.31. The van der Waals surface area contributed by atoms with Gasteiger partial charge in [0.2, 0.25) is 5.91 Å². The van der Waals surface area contributed by atoms with Crippen LogP contribution >= 0.6 is 0 Å². The van der Waals surface area contributed by atoms with Crippen LogP contribution in [0.25, 0.3) is 11.3 Å². The highest BCUT2D eigenvalue weighted by molar-refractivity contribution is 5.92. The monoisotopic (exact) mass is 402 g/mol. The van der Waals surface area contributed by atoms with Crippen LogP contribution in [-0.2, 0) is 4.79 Å². The fraction of sp³-hybridized carbons (Fsp3) is 0.292. The first-order chi connectivity index (χ1) is 14.6. The summed E-state index contributed by atoms with van der Waals surface area (Å²) < 4.78 is 5.20. The van der Waals surface area contributed by atoms with Crippen molar-refractivity contribution in [3.05, 3.63) is 66.2 Å². The molecule has 1 fully saturated rings. The van der Waals surface area contributed by atoms with Crippen LogP contribution in [-0.4, -0.2) is 36.3 Å². The Bertz CT molecular complexity index is 994. The Morgan fingerprint density at radius 2 is 1.80 bits per heavy atom. The molecule has 1 aromatic heterocycles. The van der Waals surface area contributed by atoms with Gasteiger partial charge >= 0.3 is 0 Å². The average Bonchev–Trinajstić information content (AvgIpc) is 2.79. The third kappa shape index (κ3) is 4.59. The fourth-order valence-electron chi connectivity index (χ4n) is 3.75. The molecule has 0 unspecified atom stereocenters. The summed E-state index contributed by atoms with van der Waals surface area (Å²) in [6.45, 7) is 3.61. The van der Waals surface area contributed by atoms with Gasteiger partial charge in [-0.25, -0.2) is 0 Å². The maximum atomic E-state index is 12.6. The summed E-state index contributed by atoms with van der Waals surface area (Å²) in [6.07, 6.45) is 1.61. The molecule has 4 rings (SSSR count). The fourth-order valence-corrected chi connectivity index (χ4v) is 3.75. The molecule has 1 aliphatic rings. The van der Waals surface area contributed by atoms with E-state index in [1.807, 2.05) is 67.6 Å². The van der Waals surface area contributed by atoms with E-state index in [9.17, 15) is 4.79 Å². The van der Waals surface area contributed by atoms with E-state index in [2.05, 4.69) is 20.4 Å². The molecule has 30 heavy (non-hydrogen) atoms. The van der Waals surface area contributed by atoms with Gasteiger partial charge in [-0.3, -0.25) is 4.79 Å². The van der Waals surface area contributed by atoms with Crippen molar-refractivity contribution in [1.29, 1.82) is 0 Å². The standard InChI is InChI=1S/C24H26N4O2/c1-17-4-3-5-20(16-17)25-24(29)19-12-14-28(15-13-19)23-11-10-22(26-27-23)18-6-8-21(30-2)9-7-18/h3-11,16,19H,12-15H2,1-2H3,(H,25,29). The van der Waals surface area contributed by atoms with Gasteiger partial charge in [-0.15, -0.1) is 10.2 Å². The van der Waals surface area contributed by atoms with E-state index in [0.717, 1.165) is 60.0 Å². The lowest BCUT2D eigenvalue weighted by molar-refractivity contribution is -0.120. The predicted molar refractivity (Wildman–Crippen MR) is 119 cm³/mol. The van der Waals surface area contributed by atoms with Crippen LogP contribution in [0.1, 0.15) is 18.4 Å². The molecule has 2 heterocycles. The summed E-state index contributed by atoms with van der Waals surface area (Å²) in [5, 5.41) is 11.8. The summed E-state index contributed by atoms with van der Waals surface area (Å²) in [5.74, 6) is 1.79. The molecule has 6 heteroatoms. The Morgan fingerprint density at radius 1 is 1.03 bits per heavy atom. The largest absolute Gasteiger partial charge is 0.497 e. The van der Waals surface area contributed by atoms with Crippen LogP contribution in [0.4, 0.5) is 11.5 Å². The number of aryl methyl sites for hydroxylation is 1. The van der Waals surface area contributed by atoms with Gasteiger partial charge in [-0.1, -0.05) is 12.1 Å². The SMILES string of the molecule is COc1ccc(-c2ccc(N3CCC(C(=O)Nc4cccc(C)c4)CC3)nn2)cc1. The zero-order valence-electron chi connectivity index (χ0n) is 17.3. The Labute approximate surface area is 176 Å². The number of benzene rings is 2. The van der Waals surface area contributed by atoms with Crippen molar-refractivity contribution in [3.8, 4) is 17.0 Å². The molecule has 0 aliphatic carbocycles. The van der Waals surface area contributed by atoms with Crippen molar-refractivity contribution in [2.75, 3.05) is 30.4 Å². The number of methoxy groups -OCH3 is 1. The second-order valence-electron chi connectivity index (χ2n) is 7.63. The molecule has 6 nitrogen and oxygen atoms in total. The van der Waals surface area contributed by atoms with Crippen LogP contribution in [0.15, 0.2) is 60.7 Å². The number of nitrogens with one attached hydrogen (secondary N) is 1. The lowest BCUT2D eigenvalue weighted by Crippen LogP contribution is -2.38. The van der Waals surface area contributed by atoms with Crippen LogP contribution in [0.3, 0.4) is 0 Å². The summed E-state index contributed by atoms with van der Waals surface area (Å²) in [5.41, 5.74) is 3.83. The Hall–Kier alpha value is -3.41. The van der Waals surface area contributed by atoms with Gasteiger partial charge in [0, 0.05) is 30.3 Å². The molecule has 0 atom stereocenters. The van der Waals surface area contributed by atoms with Crippen LogP contribution in [0.5, 0.6) is 5.75 Å². The topological polar surface area (TPSA) is 67.3 Å². The quantitative estimate of drug-likeness (QED) is 0.689. The molecule has 0 bridgehead atoms. The van der Waals surface area contributed by atoms with E-state index >= 15 is 0 Å². The maximum absolute atomic E-state index is 12.6. The second kappa shape index (κ2) is 8.95. The molecule has 2 aromatic carbocycles. The first-order valence-electron chi connectivity index (χ1n) is 10.2. The summed E-state index contributed by atoms with van der Waals surface area (Å²) >= 11 is 0. The molecule has 154 valence electrons. The minimum absolute atomic E-state index is 0.0216. The molecule has 0 radical (unpaired) electrons. The van der Waals surface area contributed by atoms with Gasteiger partial charge in [0.15, 0.2) is 5.82 Å². The van der Waals surface area contributed by atoms with Crippen molar-refractivity contribution in [2.24, 2.45) is 5.92 Å². The predicted octanol–water partition coefficient (Wildman–Crippen LogP) is 4.32. The van der Waals surface area contributed by atoms with Crippen molar-refractivity contribution in [1.82, 2.24) is 10.2 Å². The van der Waals surface area contributed by atoms with Gasteiger partial charge in [0.1, 0.15) is 5.75 Å². The van der Waals surface area contributed by atoms with Crippen LogP contribution in [0, 0.1) is 12.8 Å². The number of ether oxygens (including phenoxy) is 1. The van der Waals surface area contributed by atoms with Gasteiger partial charge in [0.05, 0.1) is 12.8 Å². The zero-order chi connectivity index (χ0) is 20.9. The third-order valence-electron chi connectivity index (χ3n) is 5.51. The number of amides is 1. The normalized spacial score (nSPS) is 14.4. The molecule has 0 spiro atoms. The van der Waals surface area contributed by atoms with E-state index in [-0.39, 0.29) is 11.8 Å². The van der Waals surface area contributed by atoms with E-state index in [1.165, 1.54) is 0 Å². The number of anilines is 2. The summed E-state index contributed by atoms with van der Waals surface area (Å²) in [4.78, 5) is 14.8. The highest BCUT2D eigenvalue weighted by atomic mass is 16.5. The van der Waals surface area contributed by atoms with E-state index in [4.69, 9.17) is 4.74 Å².